The molecule has 1 aromatic carbocycles. The summed E-state index contributed by atoms with van der Waals surface area (Å²) in [6, 6.07) is 13.4. The first kappa shape index (κ1) is 25.7. The molecule has 3 aromatic rings. The molecule has 9 nitrogen and oxygen atoms in total. The molecule has 3 aliphatic heterocycles. The lowest BCUT2D eigenvalue weighted by Gasteiger charge is -2.46. The van der Waals surface area contributed by atoms with E-state index >= 15 is 0 Å². The minimum absolute atomic E-state index is 0.170. The number of hydrogen-bond donors (Lipinski definition) is 2. The van der Waals surface area contributed by atoms with Gasteiger partial charge < -0.3 is 29.9 Å². The SMILES string of the molecule is CNC1CCc2ccc(N3c4nc(Nc5ccc(N6CCOCC6)cc5)ncc4[C@@]4(C)COC(C)(C)C[C@@H]34)nc21. The summed E-state index contributed by atoms with van der Waals surface area (Å²) in [7, 11) is 2.02. The van der Waals surface area contributed by atoms with E-state index in [0.717, 1.165) is 74.1 Å². The Morgan fingerprint density at radius 3 is 2.58 bits per heavy atom. The van der Waals surface area contributed by atoms with Crippen LogP contribution in [0.5, 0.6) is 0 Å². The molecule has 9 heteroatoms. The van der Waals surface area contributed by atoms with Crippen molar-refractivity contribution >= 4 is 29.0 Å². The number of hydrogen-bond acceptors (Lipinski definition) is 9. The van der Waals surface area contributed by atoms with E-state index < -0.39 is 0 Å². The van der Waals surface area contributed by atoms with Gasteiger partial charge >= 0.3 is 0 Å². The van der Waals surface area contributed by atoms with Crippen LogP contribution in [0.4, 0.5) is 29.0 Å². The highest BCUT2D eigenvalue weighted by atomic mass is 16.5. The number of morpholine rings is 1. The summed E-state index contributed by atoms with van der Waals surface area (Å²) in [4.78, 5) is 19.9. The normalized spacial score (nSPS) is 26.8. The summed E-state index contributed by atoms with van der Waals surface area (Å²) in [5.41, 5.74) is 5.32. The van der Waals surface area contributed by atoms with Crippen LogP contribution >= 0.6 is 0 Å². The molecule has 3 atom stereocenters. The van der Waals surface area contributed by atoms with Crippen molar-refractivity contribution in [3.63, 3.8) is 0 Å². The highest BCUT2D eigenvalue weighted by Gasteiger charge is 2.55. The summed E-state index contributed by atoms with van der Waals surface area (Å²) in [6.07, 6.45) is 5.01. The third kappa shape index (κ3) is 4.31. The number of aryl methyl sites for hydroxylation is 1. The van der Waals surface area contributed by atoms with Gasteiger partial charge in [-0.25, -0.2) is 9.97 Å². The van der Waals surface area contributed by atoms with E-state index in [1.807, 2.05) is 13.2 Å². The van der Waals surface area contributed by atoms with Crippen LogP contribution in [-0.4, -0.2) is 66.6 Å². The molecular formula is C31H39N7O2. The first-order valence-corrected chi connectivity index (χ1v) is 14.5. The third-order valence-electron chi connectivity index (χ3n) is 9.23. The average molecular weight is 542 g/mol. The maximum Gasteiger partial charge on any atom is 0.229 e. The van der Waals surface area contributed by atoms with Gasteiger partial charge in [0.15, 0.2) is 0 Å². The largest absolute Gasteiger partial charge is 0.378 e. The number of nitrogens with one attached hydrogen (secondary N) is 2. The van der Waals surface area contributed by atoms with Gasteiger partial charge in [0.25, 0.3) is 0 Å². The molecule has 2 saturated heterocycles. The zero-order chi connectivity index (χ0) is 27.5. The molecule has 40 heavy (non-hydrogen) atoms. The predicted molar refractivity (Wildman–Crippen MR) is 157 cm³/mol. The Bertz CT molecular complexity index is 1410. The van der Waals surface area contributed by atoms with E-state index in [0.29, 0.717) is 12.6 Å². The van der Waals surface area contributed by atoms with Crippen molar-refractivity contribution in [1.82, 2.24) is 20.3 Å². The average Bonchev–Trinajstić information content (AvgIpc) is 3.49. The highest BCUT2D eigenvalue weighted by molar-refractivity contribution is 5.71. The predicted octanol–water partition coefficient (Wildman–Crippen LogP) is 4.64. The van der Waals surface area contributed by atoms with Crippen LogP contribution in [-0.2, 0) is 21.3 Å². The first-order valence-electron chi connectivity index (χ1n) is 14.5. The number of rotatable bonds is 5. The summed E-state index contributed by atoms with van der Waals surface area (Å²) >= 11 is 0. The van der Waals surface area contributed by atoms with Crippen LogP contribution in [0.2, 0.25) is 0 Å². The minimum Gasteiger partial charge on any atom is -0.378 e. The summed E-state index contributed by atoms with van der Waals surface area (Å²) in [5.74, 6) is 2.45. The number of pyridine rings is 1. The molecule has 0 spiro atoms. The summed E-state index contributed by atoms with van der Waals surface area (Å²) in [6.45, 7) is 10.7. The second-order valence-corrected chi connectivity index (χ2v) is 12.4. The number of ether oxygens (including phenoxy) is 2. The lowest BCUT2D eigenvalue weighted by atomic mass is 9.73. The van der Waals surface area contributed by atoms with Gasteiger partial charge in [0, 0.05) is 47.7 Å². The molecule has 0 saturated carbocycles. The molecule has 1 aliphatic carbocycles. The van der Waals surface area contributed by atoms with Crippen molar-refractivity contribution in [3.05, 3.63) is 59.4 Å². The van der Waals surface area contributed by atoms with Crippen LogP contribution in [0.25, 0.3) is 0 Å². The van der Waals surface area contributed by atoms with Crippen molar-refractivity contribution in [2.24, 2.45) is 0 Å². The fourth-order valence-electron chi connectivity index (χ4n) is 6.82. The fraction of sp³-hybridized carbons (Fsp3) is 0.516. The van der Waals surface area contributed by atoms with Gasteiger partial charge in [-0.1, -0.05) is 13.0 Å². The van der Waals surface area contributed by atoms with E-state index in [4.69, 9.17) is 24.4 Å². The lowest BCUT2D eigenvalue weighted by molar-refractivity contribution is -0.0893. The number of nitrogens with zero attached hydrogens (tertiary/aromatic N) is 5. The molecule has 5 heterocycles. The summed E-state index contributed by atoms with van der Waals surface area (Å²) in [5, 5.41) is 6.90. The van der Waals surface area contributed by atoms with Gasteiger partial charge in [-0.2, -0.15) is 4.98 Å². The second-order valence-electron chi connectivity index (χ2n) is 12.4. The van der Waals surface area contributed by atoms with Gasteiger partial charge in [-0.15, -0.1) is 0 Å². The van der Waals surface area contributed by atoms with Gasteiger partial charge in [0.2, 0.25) is 5.95 Å². The Hall–Kier alpha value is -3.27. The molecule has 0 radical (unpaired) electrons. The number of aromatic nitrogens is 3. The van der Waals surface area contributed by atoms with Crippen LogP contribution in [0, 0.1) is 0 Å². The number of fused-ring (bicyclic) bond motifs is 4. The standard InChI is InChI=1S/C31H39N7O2/c1-30(2)17-25-31(3,19-40-30)23-18-33-29(34-21-7-9-22(10-8-21)37-13-15-39-16-14-37)36-28(23)38(25)26-12-6-20-5-11-24(32-4)27(20)35-26/h6-10,12,18,24-25,32H,5,11,13-17,19H2,1-4H3,(H,33,34,36)/t24?,25-,31-/m1/s1. The Morgan fingerprint density at radius 1 is 1.00 bits per heavy atom. The second kappa shape index (κ2) is 9.68. The van der Waals surface area contributed by atoms with E-state index in [-0.39, 0.29) is 23.1 Å². The Morgan fingerprint density at radius 2 is 1.80 bits per heavy atom. The Kier molecular flexibility index (Phi) is 6.21. The highest BCUT2D eigenvalue weighted by Crippen LogP contribution is 2.53. The van der Waals surface area contributed by atoms with E-state index in [2.05, 4.69) is 77.6 Å². The molecule has 2 N–H and O–H groups in total. The lowest BCUT2D eigenvalue weighted by Crippen LogP contribution is -2.54. The Labute approximate surface area is 236 Å². The third-order valence-corrected chi connectivity index (χ3v) is 9.23. The molecule has 4 aliphatic rings. The van der Waals surface area contributed by atoms with Crippen LogP contribution in [0.15, 0.2) is 42.6 Å². The van der Waals surface area contributed by atoms with Crippen LogP contribution in [0.1, 0.15) is 56.5 Å². The molecule has 2 aromatic heterocycles. The number of benzene rings is 1. The maximum absolute atomic E-state index is 6.38. The smallest absolute Gasteiger partial charge is 0.229 e. The van der Waals surface area contributed by atoms with Gasteiger partial charge in [-0.3, -0.25) is 0 Å². The molecule has 0 amide bonds. The molecule has 1 unspecified atom stereocenters. The van der Waals surface area contributed by atoms with Crippen molar-refractivity contribution in [1.29, 1.82) is 0 Å². The number of anilines is 5. The van der Waals surface area contributed by atoms with E-state index in [9.17, 15) is 0 Å². The Balaban J connectivity index is 1.24. The summed E-state index contributed by atoms with van der Waals surface area (Å²) < 4.78 is 11.9. The van der Waals surface area contributed by atoms with Crippen molar-refractivity contribution in [3.8, 4) is 0 Å². The molecule has 2 fully saturated rings. The van der Waals surface area contributed by atoms with Crippen LogP contribution in [0.3, 0.4) is 0 Å². The van der Waals surface area contributed by atoms with Crippen molar-refractivity contribution in [2.45, 2.75) is 63.1 Å². The van der Waals surface area contributed by atoms with Crippen LogP contribution < -0.4 is 20.4 Å². The fourth-order valence-corrected chi connectivity index (χ4v) is 6.82. The first-order chi connectivity index (χ1) is 19.3. The molecular weight excluding hydrogens is 502 g/mol. The minimum atomic E-state index is -0.231. The monoisotopic (exact) mass is 541 g/mol. The van der Waals surface area contributed by atoms with Crippen molar-refractivity contribution < 1.29 is 9.47 Å². The zero-order valence-corrected chi connectivity index (χ0v) is 23.9. The van der Waals surface area contributed by atoms with E-state index in [1.165, 1.54) is 11.3 Å². The van der Waals surface area contributed by atoms with E-state index in [1.54, 1.807) is 0 Å². The topological polar surface area (TPSA) is 87.7 Å². The van der Waals surface area contributed by atoms with Gasteiger partial charge in [0.1, 0.15) is 11.6 Å². The molecule has 0 bridgehead atoms. The van der Waals surface area contributed by atoms with Gasteiger partial charge in [-0.05, 0) is 76.1 Å². The molecule has 210 valence electrons. The molecule has 7 rings (SSSR count). The zero-order valence-electron chi connectivity index (χ0n) is 23.9. The van der Waals surface area contributed by atoms with Gasteiger partial charge in [0.05, 0.1) is 37.2 Å². The van der Waals surface area contributed by atoms with Crippen molar-refractivity contribution in [2.75, 3.05) is 55.1 Å². The maximum atomic E-state index is 6.38. The quantitative estimate of drug-likeness (QED) is 0.480.